The molecule has 0 saturated heterocycles. The number of para-hydroxylation sites is 2. The van der Waals surface area contributed by atoms with Gasteiger partial charge in [0, 0.05) is 41.9 Å². The molecule has 0 fully saturated rings. The van der Waals surface area contributed by atoms with Crippen molar-refractivity contribution < 1.29 is 0 Å². The molecular formula is C36H21N3S. The topological polar surface area (TPSA) is 30.7 Å². The Labute approximate surface area is 233 Å². The van der Waals surface area contributed by atoms with Crippen molar-refractivity contribution in [2.45, 2.75) is 0 Å². The van der Waals surface area contributed by atoms with Crippen LogP contribution in [0.1, 0.15) is 0 Å². The zero-order valence-corrected chi connectivity index (χ0v) is 22.2. The van der Waals surface area contributed by atoms with Gasteiger partial charge in [-0.3, -0.25) is 4.57 Å². The zero-order chi connectivity index (χ0) is 26.2. The molecule has 0 saturated carbocycles. The molecule has 0 bridgehead atoms. The van der Waals surface area contributed by atoms with Gasteiger partial charge in [0.15, 0.2) is 0 Å². The predicted molar refractivity (Wildman–Crippen MR) is 170 cm³/mol. The van der Waals surface area contributed by atoms with Gasteiger partial charge in [0.1, 0.15) is 0 Å². The lowest BCUT2D eigenvalue weighted by molar-refractivity contribution is 1.01. The van der Waals surface area contributed by atoms with Crippen molar-refractivity contribution in [1.29, 1.82) is 0 Å². The summed E-state index contributed by atoms with van der Waals surface area (Å²) in [6.07, 6.45) is 0. The summed E-state index contributed by atoms with van der Waals surface area (Å²) < 4.78 is 4.78. The third-order valence-electron chi connectivity index (χ3n) is 8.01. The summed E-state index contributed by atoms with van der Waals surface area (Å²) in [5.74, 6) is 0.688. The number of nitrogens with zero attached hydrogens (tertiary/aromatic N) is 3. The fourth-order valence-corrected chi connectivity index (χ4v) is 7.48. The van der Waals surface area contributed by atoms with Crippen LogP contribution in [0.3, 0.4) is 0 Å². The van der Waals surface area contributed by atoms with Crippen molar-refractivity contribution in [3.8, 4) is 17.2 Å². The zero-order valence-electron chi connectivity index (χ0n) is 21.4. The number of benzene rings is 6. The molecule has 0 N–H and O–H groups in total. The van der Waals surface area contributed by atoms with E-state index < -0.39 is 0 Å². The van der Waals surface area contributed by atoms with Gasteiger partial charge >= 0.3 is 0 Å². The van der Waals surface area contributed by atoms with Gasteiger partial charge in [0.05, 0.1) is 22.2 Å². The number of fused-ring (bicyclic) bond motifs is 9. The summed E-state index contributed by atoms with van der Waals surface area (Å²) in [6, 6.07) is 45.2. The van der Waals surface area contributed by atoms with Crippen molar-refractivity contribution in [2.75, 3.05) is 0 Å². The molecule has 0 aliphatic carbocycles. The highest BCUT2D eigenvalue weighted by molar-refractivity contribution is 7.26. The van der Waals surface area contributed by atoms with Crippen LogP contribution in [0.4, 0.5) is 0 Å². The fraction of sp³-hybridized carbons (Fsp3) is 0. The minimum absolute atomic E-state index is 0.688. The van der Waals surface area contributed by atoms with Crippen LogP contribution in [-0.2, 0) is 0 Å². The van der Waals surface area contributed by atoms with Crippen LogP contribution in [0.25, 0.3) is 80.9 Å². The summed E-state index contributed by atoms with van der Waals surface area (Å²) in [6.45, 7) is 0. The first-order valence-corrected chi connectivity index (χ1v) is 14.3. The van der Waals surface area contributed by atoms with Gasteiger partial charge in [-0.2, -0.15) is 0 Å². The van der Waals surface area contributed by atoms with Gasteiger partial charge in [0.2, 0.25) is 5.95 Å². The van der Waals surface area contributed by atoms with Crippen molar-refractivity contribution in [3.05, 3.63) is 127 Å². The van der Waals surface area contributed by atoms with Gasteiger partial charge in [-0.15, -0.1) is 11.3 Å². The Bertz CT molecular complexity index is 2450. The van der Waals surface area contributed by atoms with E-state index in [4.69, 9.17) is 9.97 Å². The molecule has 0 amide bonds. The lowest BCUT2D eigenvalue weighted by Crippen LogP contribution is -2.03. The third-order valence-corrected chi connectivity index (χ3v) is 9.23. The largest absolute Gasteiger partial charge is 0.278 e. The molecular weight excluding hydrogens is 506 g/mol. The average molecular weight is 528 g/mol. The van der Waals surface area contributed by atoms with Crippen LogP contribution in [0.2, 0.25) is 0 Å². The first kappa shape index (κ1) is 21.8. The molecule has 40 heavy (non-hydrogen) atoms. The highest BCUT2D eigenvalue weighted by Gasteiger charge is 2.20. The van der Waals surface area contributed by atoms with E-state index in [1.54, 1.807) is 0 Å². The van der Waals surface area contributed by atoms with Crippen LogP contribution in [0.15, 0.2) is 127 Å². The SMILES string of the molecule is c1ccc2c(c1)ccc1c2c2ccccc2n1-c1nc(-c2cccc3c2sc2ccccc23)c2ccccc2n1. The summed E-state index contributed by atoms with van der Waals surface area (Å²) in [7, 11) is 0. The Morgan fingerprint density at radius 2 is 1.23 bits per heavy atom. The first-order valence-electron chi connectivity index (χ1n) is 13.4. The van der Waals surface area contributed by atoms with Crippen molar-refractivity contribution in [3.63, 3.8) is 0 Å². The van der Waals surface area contributed by atoms with Crippen molar-refractivity contribution >= 4 is 75.0 Å². The first-order chi connectivity index (χ1) is 19.8. The Hall–Kier alpha value is -5.06. The predicted octanol–water partition coefficient (Wildman–Crippen LogP) is 9.91. The maximum Gasteiger partial charge on any atom is 0.235 e. The van der Waals surface area contributed by atoms with Gasteiger partial charge in [0.25, 0.3) is 0 Å². The van der Waals surface area contributed by atoms with E-state index in [-0.39, 0.29) is 0 Å². The molecule has 0 spiro atoms. The molecule has 9 rings (SSSR count). The van der Waals surface area contributed by atoms with E-state index >= 15 is 0 Å². The Morgan fingerprint density at radius 3 is 2.15 bits per heavy atom. The fourth-order valence-electron chi connectivity index (χ4n) is 6.26. The number of aromatic nitrogens is 3. The normalized spacial score (nSPS) is 12.0. The van der Waals surface area contributed by atoms with Crippen molar-refractivity contribution in [2.24, 2.45) is 0 Å². The summed E-state index contributed by atoms with van der Waals surface area (Å²) in [5.41, 5.74) is 5.26. The molecule has 3 nitrogen and oxygen atoms in total. The smallest absolute Gasteiger partial charge is 0.235 e. The van der Waals surface area contributed by atoms with Gasteiger partial charge in [-0.1, -0.05) is 103 Å². The van der Waals surface area contributed by atoms with E-state index in [1.165, 1.54) is 41.7 Å². The van der Waals surface area contributed by atoms with Gasteiger partial charge in [-0.05, 0) is 35.0 Å². The molecule has 6 aromatic carbocycles. The van der Waals surface area contributed by atoms with E-state index in [2.05, 4.69) is 132 Å². The van der Waals surface area contributed by atoms with Crippen LogP contribution in [0, 0.1) is 0 Å². The summed E-state index contributed by atoms with van der Waals surface area (Å²) >= 11 is 1.83. The Kier molecular flexibility index (Phi) is 4.48. The Balaban J connectivity index is 1.42. The van der Waals surface area contributed by atoms with Crippen LogP contribution >= 0.6 is 11.3 Å². The molecule has 0 radical (unpaired) electrons. The molecule has 0 aliphatic heterocycles. The van der Waals surface area contributed by atoms with Crippen LogP contribution in [0.5, 0.6) is 0 Å². The molecule has 4 heteroatoms. The highest BCUT2D eigenvalue weighted by Crippen LogP contribution is 2.42. The maximum absolute atomic E-state index is 5.37. The average Bonchev–Trinajstić information content (AvgIpc) is 3.57. The number of hydrogen-bond donors (Lipinski definition) is 0. The monoisotopic (exact) mass is 527 g/mol. The quantitative estimate of drug-likeness (QED) is 0.224. The standard InChI is InChI=1S/C36H21N3S/c1-2-11-23-22(10-1)20-21-31-33(23)27-14-4-7-18-30(27)39(31)36-37-29-17-6-3-13-26(29)34(38-36)28-16-9-15-25-24-12-5-8-19-32(24)40-35(25)28/h1-21H. The minimum atomic E-state index is 0.688. The second-order valence-electron chi connectivity index (χ2n) is 10.2. The lowest BCUT2D eigenvalue weighted by atomic mass is 10.0. The van der Waals surface area contributed by atoms with Crippen molar-refractivity contribution in [1.82, 2.24) is 14.5 Å². The number of thiophene rings is 1. The molecule has 3 aromatic heterocycles. The minimum Gasteiger partial charge on any atom is -0.278 e. The van der Waals surface area contributed by atoms with E-state index in [0.29, 0.717) is 5.95 Å². The molecule has 0 aliphatic rings. The molecule has 0 unspecified atom stereocenters. The Morgan fingerprint density at radius 1 is 0.500 bits per heavy atom. The van der Waals surface area contributed by atoms with Gasteiger partial charge in [-0.25, -0.2) is 9.97 Å². The van der Waals surface area contributed by atoms with Crippen LogP contribution < -0.4 is 0 Å². The summed E-state index contributed by atoms with van der Waals surface area (Å²) in [4.78, 5) is 10.5. The number of rotatable bonds is 2. The second kappa shape index (κ2) is 8.22. The summed E-state index contributed by atoms with van der Waals surface area (Å²) in [5, 5.41) is 8.53. The second-order valence-corrected chi connectivity index (χ2v) is 11.3. The lowest BCUT2D eigenvalue weighted by Gasteiger charge is -2.12. The van der Waals surface area contributed by atoms with Crippen LogP contribution in [-0.4, -0.2) is 14.5 Å². The molecule has 186 valence electrons. The van der Waals surface area contributed by atoms with E-state index in [9.17, 15) is 0 Å². The molecule has 0 atom stereocenters. The highest BCUT2D eigenvalue weighted by atomic mass is 32.1. The van der Waals surface area contributed by atoms with E-state index in [0.717, 1.165) is 33.2 Å². The molecule has 3 heterocycles. The number of hydrogen-bond acceptors (Lipinski definition) is 3. The maximum atomic E-state index is 5.37. The van der Waals surface area contributed by atoms with Gasteiger partial charge < -0.3 is 0 Å². The third kappa shape index (κ3) is 2.99. The van der Waals surface area contributed by atoms with E-state index in [1.807, 2.05) is 11.3 Å². The molecule has 9 aromatic rings.